The number of aryl methyl sites for hydroxylation is 1. The van der Waals surface area contributed by atoms with Gasteiger partial charge in [-0.3, -0.25) is 0 Å². The van der Waals surface area contributed by atoms with Crippen LogP contribution in [0.2, 0.25) is 0 Å². The van der Waals surface area contributed by atoms with Crippen LogP contribution < -0.4 is 0 Å². The Morgan fingerprint density at radius 2 is 2.00 bits per heavy atom. The lowest BCUT2D eigenvalue weighted by atomic mass is 10.0. The Bertz CT molecular complexity index is 563. The van der Waals surface area contributed by atoms with Crippen LogP contribution in [0.4, 0.5) is 13.2 Å². The zero-order valence-electron chi connectivity index (χ0n) is 10.5. The second-order valence-electron chi connectivity index (χ2n) is 4.53. The molecule has 0 radical (unpaired) electrons. The van der Waals surface area contributed by atoms with E-state index in [1.54, 1.807) is 23.7 Å². The number of aliphatic hydroxyl groups is 1. The molecule has 0 unspecified atom stereocenters. The molecule has 0 amide bonds. The van der Waals surface area contributed by atoms with Gasteiger partial charge in [-0.1, -0.05) is 12.1 Å². The maximum Gasteiger partial charge on any atom is 0.392 e. The van der Waals surface area contributed by atoms with Crippen molar-refractivity contribution in [3.8, 4) is 0 Å². The van der Waals surface area contributed by atoms with Crippen LogP contribution in [0.15, 0.2) is 24.3 Å². The van der Waals surface area contributed by atoms with Crippen molar-refractivity contribution in [3.05, 3.63) is 30.1 Å². The van der Waals surface area contributed by atoms with E-state index in [4.69, 9.17) is 5.11 Å². The van der Waals surface area contributed by atoms with E-state index < -0.39 is 18.7 Å². The fourth-order valence-corrected chi connectivity index (χ4v) is 2.14. The van der Waals surface area contributed by atoms with E-state index in [9.17, 15) is 13.2 Å². The monoisotopic (exact) mass is 272 g/mol. The molecule has 2 aromatic rings. The van der Waals surface area contributed by atoms with Gasteiger partial charge >= 0.3 is 6.18 Å². The van der Waals surface area contributed by atoms with Gasteiger partial charge in [-0.05, 0) is 18.6 Å². The fraction of sp³-hybridized carbons (Fsp3) is 0.462. The molecule has 3 nitrogen and oxygen atoms in total. The van der Waals surface area contributed by atoms with Crippen LogP contribution in [0.3, 0.4) is 0 Å². The average Bonchev–Trinajstić information content (AvgIpc) is 2.65. The van der Waals surface area contributed by atoms with Crippen LogP contribution >= 0.6 is 0 Å². The molecule has 0 aliphatic rings. The molecule has 0 fully saturated rings. The number of imidazole rings is 1. The highest BCUT2D eigenvalue weighted by Gasteiger charge is 2.39. The van der Waals surface area contributed by atoms with Gasteiger partial charge in [0.25, 0.3) is 0 Å². The summed E-state index contributed by atoms with van der Waals surface area (Å²) < 4.78 is 40.2. The second kappa shape index (κ2) is 5.21. The smallest absolute Gasteiger partial charge is 0.392 e. The van der Waals surface area contributed by atoms with Gasteiger partial charge < -0.3 is 9.67 Å². The normalized spacial score (nSPS) is 13.9. The first kappa shape index (κ1) is 13.9. The average molecular weight is 272 g/mol. The van der Waals surface area contributed by atoms with Crippen molar-refractivity contribution in [1.29, 1.82) is 0 Å². The van der Waals surface area contributed by atoms with Crippen molar-refractivity contribution < 1.29 is 18.3 Å². The zero-order valence-corrected chi connectivity index (χ0v) is 10.5. The number of aliphatic hydroxyl groups excluding tert-OH is 1. The van der Waals surface area contributed by atoms with Gasteiger partial charge in [0, 0.05) is 20.1 Å². The number of aromatic nitrogens is 2. The molecular formula is C13H15F3N2O. The van der Waals surface area contributed by atoms with Gasteiger partial charge in [0.1, 0.15) is 5.82 Å². The molecule has 0 aliphatic carbocycles. The number of halogens is 3. The number of para-hydroxylation sites is 2. The Kier molecular flexibility index (Phi) is 3.80. The quantitative estimate of drug-likeness (QED) is 0.929. The van der Waals surface area contributed by atoms with E-state index in [-0.39, 0.29) is 12.8 Å². The predicted octanol–water partition coefficient (Wildman–Crippen LogP) is 2.68. The third-order valence-electron chi connectivity index (χ3n) is 3.25. The second-order valence-corrected chi connectivity index (χ2v) is 4.53. The minimum Gasteiger partial charge on any atom is -0.396 e. The Morgan fingerprint density at radius 3 is 2.58 bits per heavy atom. The number of fused-ring (bicyclic) bond motifs is 1. The van der Waals surface area contributed by atoms with Crippen LogP contribution in [0, 0.1) is 5.92 Å². The van der Waals surface area contributed by atoms with Gasteiger partial charge in [-0.15, -0.1) is 0 Å². The minimum atomic E-state index is -4.32. The summed E-state index contributed by atoms with van der Waals surface area (Å²) in [7, 11) is 1.71. The lowest BCUT2D eigenvalue weighted by Crippen LogP contribution is -2.27. The molecule has 0 saturated heterocycles. The van der Waals surface area contributed by atoms with Crippen LogP contribution in [-0.2, 0) is 13.5 Å². The van der Waals surface area contributed by atoms with E-state index in [1.165, 1.54) is 0 Å². The van der Waals surface area contributed by atoms with Crippen molar-refractivity contribution in [2.45, 2.75) is 19.0 Å². The summed E-state index contributed by atoms with van der Waals surface area (Å²) in [5, 5.41) is 8.76. The third-order valence-corrected chi connectivity index (χ3v) is 3.25. The van der Waals surface area contributed by atoms with Crippen LogP contribution in [0.25, 0.3) is 11.0 Å². The first-order chi connectivity index (χ1) is 8.93. The topological polar surface area (TPSA) is 38.0 Å². The third kappa shape index (κ3) is 2.89. The summed E-state index contributed by atoms with van der Waals surface area (Å²) in [6.45, 7) is -0.478. The molecule has 1 heterocycles. The van der Waals surface area contributed by atoms with E-state index >= 15 is 0 Å². The van der Waals surface area contributed by atoms with E-state index in [0.717, 1.165) is 5.52 Å². The van der Waals surface area contributed by atoms with Crippen LogP contribution in [0.1, 0.15) is 12.2 Å². The van der Waals surface area contributed by atoms with Crippen LogP contribution in [0.5, 0.6) is 0 Å². The number of nitrogens with zero attached hydrogens (tertiary/aromatic N) is 2. The Balaban J connectivity index is 2.31. The van der Waals surface area contributed by atoms with Gasteiger partial charge in [-0.25, -0.2) is 4.98 Å². The summed E-state index contributed by atoms with van der Waals surface area (Å²) in [5.41, 5.74) is 1.49. The van der Waals surface area contributed by atoms with E-state index in [0.29, 0.717) is 11.3 Å². The first-order valence-corrected chi connectivity index (χ1v) is 6.01. The molecule has 0 aliphatic heterocycles. The van der Waals surface area contributed by atoms with Gasteiger partial charge in [0.15, 0.2) is 0 Å². The molecule has 1 aromatic carbocycles. The molecule has 1 N–H and O–H groups in total. The highest BCUT2D eigenvalue weighted by Crippen LogP contribution is 2.31. The number of hydrogen-bond donors (Lipinski definition) is 1. The summed E-state index contributed by atoms with van der Waals surface area (Å²) in [4.78, 5) is 4.23. The van der Waals surface area contributed by atoms with E-state index in [1.807, 2.05) is 12.1 Å². The molecule has 0 spiro atoms. The number of alkyl halides is 3. The molecular weight excluding hydrogens is 257 g/mol. The van der Waals surface area contributed by atoms with Crippen molar-refractivity contribution in [2.24, 2.45) is 13.0 Å². The van der Waals surface area contributed by atoms with Crippen molar-refractivity contribution in [3.63, 3.8) is 0 Å². The maximum absolute atomic E-state index is 12.8. The summed E-state index contributed by atoms with van der Waals surface area (Å²) >= 11 is 0. The Morgan fingerprint density at radius 1 is 1.32 bits per heavy atom. The molecule has 19 heavy (non-hydrogen) atoms. The molecule has 1 aromatic heterocycles. The summed E-state index contributed by atoms with van der Waals surface area (Å²) in [5.74, 6) is -1.18. The fourth-order valence-electron chi connectivity index (χ4n) is 2.14. The molecule has 1 atom stereocenters. The Hall–Kier alpha value is -1.56. The molecule has 0 bridgehead atoms. The SMILES string of the molecule is Cn1c(C[C@@H](CCO)C(F)(F)F)nc2ccccc21. The standard InChI is InChI=1S/C13H15F3N2O/c1-18-11-5-3-2-4-10(11)17-12(18)8-9(6-7-19)13(14,15)16/h2-5,9,19H,6-8H2,1H3/t9-/m1/s1. The highest BCUT2D eigenvalue weighted by molar-refractivity contribution is 5.75. The van der Waals surface area contributed by atoms with E-state index in [2.05, 4.69) is 4.98 Å². The van der Waals surface area contributed by atoms with Gasteiger partial charge in [0.05, 0.1) is 17.0 Å². The predicted molar refractivity (Wildman–Crippen MR) is 65.7 cm³/mol. The van der Waals surface area contributed by atoms with Crippen molar-refractivity contribution in [2.75, 3.05) is 6.61 Å². The van der Waals surface area contributed by atoms with Crippen molar-refractivity contribution >= 4 is 11.0 Å². The van der Waals surface area contributed by atoms with Gasteiger partial charge in [-0.2, -0.15) is 13.2 Å². The Labute approximate surface area is 108 Å². The molecule has 6 heteroatoms. The molecule has 104 valence electrons. The lowest BCUT2D eigenvalue weighted by molar-refractivity contribution is -0.178. The largest absolute Gasteiger partial charge is 0.396 e. The first-order valence-electron chi connectivity index (χ1n) is 6.01. The molecule has 0 saturated carbocycles. The summed E-state index contributed by atoms with van der Waals surface area (Å²) in [6.07, 6.45) is -4.83. The summed E-state index contributed by atoms with van der Waals surface area (Å²) in [6, 6.07) is 7.21. The number of rotatable bonds is 4. The number of benzene rings is 1. The zero-order chi connectivity index (χ0) is 14.0. The highest BCUT2D eigenvalue weighted by atomic mass is 19.4. The lowest BCUT2D eigenvalue weighted by Gasteiger charge is -2.18. The molecule has 2 rings (SSSR count). The maximum atomic E-state index is 12.8. The number of hydrogen-bond acceptors (Lipinski definition) is 2. The minimum absolute atomic E-state index is 0.213. The van der Waals surface area contributed by atoms with Crippen LogP contribution in [-0.4, -0.2) is 27.4 Å². The van der Waals surface area contributed by atoms with Gasteiger partial charge in [0.2, 0.25) is 0 Å². The van der Waals surface area contributed by atoms with Crippen molar-refractivity contribution in [1.82, 2.24) is 9.55 Å².